The van der Waals surface area contributed by atoms with Crippen LogP contribution in [0.4, 0.5) is 0 Å². The van der Waals surface area contributed by atoms with Gasteiger partial charge < -0.3 is 9.94 Å². The van der Waals surface area contributed by atoms with Gasteiger partial charge in [0.05, 0.1) is 6.61 Å². The number of nitrogens with zero attached hydrogens (tertiary/aromatic N) is 1. The standard InChI is InChI=1S/C12H15NO3/c1-2-16-12(14)8-9-13(15)10-11-6-4-3-5-7-11/h3-7,10H,2,8-9H2,1H3. The lowest BCUT2D eigenvalue weighted by Crippen LogP contribution is -2.14. The molecule has 0 fully saturated rings. The molecule has 0 aliphatic heterocycles. The highest BCUT2D eigenvalue weighted by Crippen LogP contribution is 1.94. The third-order valence-corrected chi connectivity index (χ3v) is 1.93. The number of benzene rings is 1. The van der Waals surface area contributed by atoms with Gasteiger partial charge in [-0.1, -0.05) is 18.2 Å². The average Bonchev–Trinajstić information content (AvgIpc) is 2.28. The molecule has 0 amide bonds. The van der Waals surface area contributed by atoms with Gasteiger partial charge >= 0.3 is 5.97 Å². The van der Waals surface area contributed by atoms with E-state index in [0.29, 0.717) is 6.61 Å². The molecule has 0 aliphatic rings. The summed E-state index contributed by atoms with van der Waals surface area (Å²) < 4.78 is 5.47. The van der Waals surface area contributed by atoms with Gasteiger partial charge in [0, 0.05) is 5.56 Å². The maximum Gasteiger partial charge on any atom is 0.312 e. The van der Waals surface area contributed by atoms with Crippen LogP contribution >= 0.6 is 0 Å². The molecule has 1 rings (SSSR count). The molecule has 0 spiro atoms. The van der Waals surface area contributed by atoms with Gasteiger partial charge in [0.2, 0.25) is 0 Å². The molecule has 16 heavy (non-hydrogen) atoms. The molecule has 1 aromatic carbocycles. The molecule has 0 N–H and O–H groups in total. The lowest BCUT2D eigenvalue weighted by atomic mass is 10.2. The Morgan fingerprint density at radius 3 is 2.75 bits per heavy atom. The van der Waals surface area contributed by atoms with Crippen molar-refractivity contribution in [1.29, 1.82) is 0 Å². The van der Waals surface area contributed by atoms with Crippen molar-refractivity contribution in [2.24, 2.45) is 0 Å². The van der Waals surface area contributed by atoms with Gasteiger partial charge in [0.1, 0.15) is 6.42 Å². The minimum Gasteiger partial charge on any atom is -0.624 e. The van der Waals surface area contributed by atoms with Crippen LogP contribution in [-0.4, -0.2) is 30.1 Å². The predicted molar refractivity (Wildman–Crippen MR) is 61.4 cm³/mol. The molecule has 86 valence electrons. The fourth-order valence-corrected chi connectivity index (χ4v) is 1.20. The van der Waals surface area contributed by atoms with Gasteiger partial charge in [0.25, 0.3) is 0 Å². The lowest BCUT2D eigenvalue weighted by Gasteiger charge is -2.03. The van der Waals surface area contributed by atoms with E-state index in [9.17, 15) is 10.0 Å². The smallest absolute Gasteiger partial charge is 0.312 e. The van der Waals surface area contributed by atoms with Crippen molar-refractivity contribution in [3.63, 3.8) is 0 Å². The first kappa shape index (κ1) is 12.2. The van der Waals surface area contributed by atoms with Gasteiger partial charge in [-0.3, -0.25) is 4.79 Å². The summed E-state index contributed by atoms with van der Waals surface area (Å²) in [5.74, 6) is -0.343. The van der Waals surface area contributed by atoms with E-state index in [2.05, 4.69) is 0 Å². The third kappa shape index (κ3) is 4.59. The molecule has 0 heterocycles. The summed E-state index contributed by atoms with van der Waals surface area (Å²) in [7, 11) is 0. The molecule has 1 aromatic rings. The summed E-state index contributed by atoms with van der Waals surface area (Å²) in [6.45, 7) is 2.21. The molecule has 0 aliphatic carbocycles. The zero-order valence-corrected chi connectivity index (χ0v) is 9.26. The largest absolute Gasteiger partial charge is 0.624 e. The van der Waals surface area contributed by atoms with Crippen molar-refractivity contribution in [2.75, 3.05) is 13.2 Å². The summed E-state index contributed by atoms with van der Waals surface area (Å²) in [5, 5.41) is 11.4. The molecule has 0 bridgehead atoms. The van der Waals surface area contributed by atoms with Crippen molar-refractivity contribution in [3.8, 4) is 0 Å². The van der Waals surface area contributed by atoms with Crippen LogP contribution in [0, 0.1) is 5.21 Å². The Kier molecular flexibility index (Phi) is 5.05. The minimum absolute atomic E-state index is 0.112. The van der Waals surface area contributed by atoms with E-state index in [-0.39, 0.29) is 18.9 Å². The zero-order valence-electron chi connectivity index (χ0n) is 9.26. The summed E-state index contributed by atoms with van der Waals surface area (Å²) in [6, 6.07) is 9.24. The number of carbonyl (C=O) groups is 1. The quantitative estimate of drug-likeness (QED) is 0.249. The van der Waals surface area contributed by atoms with Crippen LogP contribution in [0.1, 0.15) is 18.9 Å². The normalized spacial score (nSPS) is 11.2. The Morgan fingerprint density at radius 1 is 1.44 bits per heavy atom. The van der Waals surface area contributed by atoms with Gasteiger partial charge in [-0.05, 0) is 19.1 Å². The van der Waals surface area contributed by atoms with E-state index in [1.54, 1.807) is 6.92 Å². The maximum absolute atomic E-state index is 11.4. The fourth-order valence-electron chi connectivity index (χ4n) is 1.20. The highest BCUT2D eigenvalue weighted by molar-refractivity contribution is 5.75. The molecule has 0 atom stereocenters. The van der Waals surface area contributed by atoms with Gasteiger partial charge in [0.15, 0.2) is 12.8 Å². The van der Waals surface area contributed by atoms with Gasteiger partial charge in [-0.25, -0.2) is 4.74 Å². The summed E-state index contributed by atoms with van der Waals surface area (Å²) in [5.41, 5.74) is 0.821. The van der Waals surface area contributed by atoms with Crippen LogP contribution in [0.25, 0.3) is 0 Å². The van der Waals surface area contributed by atoms with Crippen molar-refractivity contribution < 1.29 is 14.3 Å². The minimum atomic E-state index is -0.343. The van der Waals surface area contributed by atoms with Crippen LogP contribution < -0.4 is 0 Å². The predicted octanol–water partition coefficient (Wildman–Crippen LogP) is 1.57. The molecule has 0 aromatic heterocycles. The van der Waals surface area contributed by atoms with Crippen molar-refractivity contribution in [1.82, 2.24) is 0 Å². The summed E-state index contributed by atoms with van der Waals surface area (Å²) >= 11 is 0. The van der Waals surface area contributed by atoms with Gasteiger partial charge in [-0.2, -0.15) is 0 Å². The van der Waals surface area contributed by atoms with Crippen LogP contribution in [0.2, 0.25) is 0 Å². The molecular formula is C12H15NO3. The molecular weight excluding hydrogens is 206 g/mol. The Labute approximate surface area is 94.7 Å². The van der Waals surface area contributed by atoms with E-state index < -0.39 is 0 Å². The van der Waals surface area contributed by atoms with Crippen molar-refractivity contribution in [3.05, 3.63) is 41.1 Å². The first-order chi connectivity index (χ1) is 7.72. The van der Waals surface area contributed by atoms with Crippen molar-refractivity contribution in [2.45, 2.75) is 13.3 Å². The number of ether oxygens (including phenoxy) is 1. The highest BCUT2D eigenvalue weighted by atomic mass is 16.5. The second-order valence-corrected chi connectivity index (χ2v) is 3.24. The Balaban J connectivity index is 2.43. The maximum atomic E-state index is 11.4. The van der Waals surface area contributed by atoms with Crippen LogP contribution in [0.3, 0.4) is 0 Å². The topological polar surface area (TPSA) is 52.4 Å². The average molecular weight is 221 g/mol. The first-order valence-electron chi connectivity index (χ1n) is 5.21. The zero-order chi connectivity index (χ0) is 11.8. The Bertz CT molecular complexity index is 360. The van der Waals surface area contributed by atoms with Crippen molar-refractivity contribution >= 4 is 12.2 Å². The number of hydroxylamine groups is 1. The Morgan fingerprint density at radius 2 is 2.12 bits per heavy atom. The number of rotatable bonds is 5. The molecule has 4 heteroatoms. The SMILES string of the molecule is CCOC(=O)CC[N+]([O-])=Cc1ccccc1. The Hall–Kier alpha value is -1.84. The number of hydrogen-bond donors (Lipinski definition) is 0. The molecule has 0 unspecified atom stereocenters. The molecule has 0 saturated carbocycles. The van der Waals surface area contributed by atoms with Gasteiger partial charge in [-0.15, -0.1) is 0 Å². The molecule has 0 radical (unpaired) electrons. The fraction of sp³-hybridized carbons (Fsp3) is 0.333. The number of esters is 1. The third-order valence-electron chi connectivity index (χ3n) is 1.93. The van der Waals surface area contributed by atoms with Crippen LogP contribution in [0.5, 0.6) is 0 Å². The summed E-state index contributed by atoms with van der Waals surface area (Å²) in [4.78, 5) is 11.0. The lowest BCUT2D eigenvalue weighted by molar-refractivity contribution is -0.451. The van der Waals surface area contributed by atoms with E-state index in [4.69, 9.17) is 4.74 Å². The highest BCUT2D eigenvalue weighted by Gasteiger charge is 2.04. The monoisotopic (exact) mass is 221 g/mol. The van der Waals surface area contributed by atoms with E-state index in [1.807, 2.05) is 30.3 Å². The second-order valence-electron chi connectivity index (χ2n) is 3.24. The number of hydrogen-bond acceptors (Lipinski definition) is 3. The number of carbonyl (C=O) groups excluding carboxylic acids is 1. The van der Waals surface area contributed by atoms with E-state index in [0.717, 1.165) is 10.3 Å². The van der Waals surface area contributed by atoms with Crippen LogP contribution in [0.15, 0.2) is 30.3 Å². The van der Waals surface area contributed by atoms with E-state index >= 15 is 0 Å². The summed E-state index contributed by atoms with van der Waals surface area (Å²) in [6.07, 6.45) is 1.57. The first-order valence-corrected chi connectivity index (χ1v) is 5.21. The second kappa shape index (κ2) is 6.61. The molecule has 4 nitrogen and oxygen atoms in total. The van der Waals surface area contributed by atoms with E-state index in [1.165, 1.54) is 6.21 Å². The van der Waals surface area contributed by atoms with Crippen LogP contribution in [-0.2, 0) is 9.53 Å². The molecule has 0 saturated heterocycles.